The fourth-order valence-corrected chi connectivity index (χ4v) is 5.29. The highest BCUT2D eigenvalue weighted by Crippen LogP contribution is 2.32. The highest BCUT2D eigenvalue weighted by molar-refractivity contribution is 7.15. The minimum atomic E-state index is -0.231. The zero-order valence-corrected chi connectivity index (χ0v) is 22.4. The Morgan fingerprint density at radius 3 is 2.46 bits per heavy atom. The van der Waals surface area contributed by atoms with Crippen LogP contribution in [0.15, 0.2) is 89.9 Å². The van der Waals surface area contributed by atoms with Crippen LogP contribution in [0.4, 0.5) is 0 Å². The lowest BCUT2D eigenvalue weighted by atomic mass is 10.1. The molecule has 0 aliphatic carbocycles. The minimum absolute atomic E-state index is 0.231. The summed E-state index contributed by atoms with van der Waals surface area (Å²) in [6.07, 6.45) is 7.45. The SMILES string of the molecule is CCOc1ccc(-c2nn(-c3ccccc3)cc2/C=c2\sc3nc(/C=C/c4ccccc4)nn3c2=O)cc1Cl. The van der Waals surface area contributed by atoms with Crippen molar-refractivity contribution in [3.63, 3.8) is 0 Å². The molecule has 0 spiro atoms. The van der Waals surface area contributed by atoms with Crippen molar-refractivity contribution >= 4 is 46.1 Å². The Morgan fingerprint density at radius 2 is 1.74 bits per heavy atom. The van der Waals surface area contributed by atoms with E-state index in [2.05, 4.69) is 10.1 Å². The third kappa shape index (κ3) is 5.12. The van der Waals surface area contributed by atoms with E-state index < -0.39 is 0 Å². The van der Waals surface area contributed by atoms with Gasteiger partial charge in [0.15, 0.2) is 5.82 Å². The first-order chi connectivity index (χ1) is 19.1. The maximum absolute atomic E-state index is 13.3. The quantitative estimate of drug-likeness (QED) is 0.252. The van der Waals surface area contributed by atoms with Crippen molar-refractivity contribution < 1.29 is 4.74 Å². The van der Waals surface area contributed by atoms with Gasteiger partial charge >= 0.3 is 0 Å². The van der Waals surface area contributed by atoms with Gasteiger partial charge in [-0.05, 0) is 55.0 Å². The standard InChI is InChI=1S/C30H22ClN5O2S/c1-2-38-25-15-14-21(17-24(25)31)28-22(19-35(34-28)23-11-7-4-8-12-23)18-26-29(37)36-30(39-26)32-27(33-36)16-13-20-9-5-3-6-10-20/h3-19H,2H2,1H3/b16-13+,26-18-. The smallest absolute Gasteiger partial charge is 0.291 e. The molecule has 0 atom stereocenters. The Kier molecular flexibility index (Phi) is 6.79. The van der Waals surface area contributed by atoms with Gasteiger partial charge in [-0.25, -0.2) is 4.68 Å². The highest BCUT2D eigenvalue weighted by atomic mass is 35.5. The second-order valence-electron chi connectivity index (χ2n) is 8.62. The molecule has 6 aromatic rings. The largest absolute Gasteiger partial charge is 0.492 e. The predicted octanol–water partition coefficient (Wildman–Crippen LogP) is 5.77. The number of hydrogen-bond acceptors (Lipinski definition) is 6. The van der Waals surface area contributed by atoms with Crippen molar-refractivity contribution in [3.05, 3.63) is 122 Å². The van der Waals surface area contributed by atoms with Crippen LogP contribution in [-0.2, 0) is 0 Å². The normalized spacial score (nSPS) is 12.1. The maximum atomic E-state index is 13.3. The molecule has 0 amide bonds. The topological polar surface area (TPSA) is 74.3 Å². The van der Waals surface area contributed by atoms with Crippen LogP contribution in [0.2, 0.25) is 5.02 Å². The molecule has 192 valence electrons. The first-order valence-electron chi connectivity index (χ1n) is 12.3. The lowest BCUT2D eigenvalue weighted by Gasteiger charge is -2.07. The second-order valence-corrected chi connectivity index (χ2v) is 10.0. The lowest BCUT2D eigenvalue weighted by Crippen LogP contribution is -2.23. The van der Waals surface area contributed by atoms with Gasteiger partial charge in [0, 0.05) is 17.3 Å². The van der Waals surface area contributed by atoms with Gasteiger partial charge < -0.3 is 4.74 Å². The molecule has 0 N–H and O–H groups in total. The third-order valence-electron chi connectivity index (χ3n) is 5.98. The summed E-state index contributed by atoms with van der Waals surface area (Å²) in [7, 11) is 0. The number of nitrogens with zero attached hydrogens (tertiary/aromatic N) is 5. The van der Waals surface area contributed by atoms with Crippen LogP contribution in [0, 0.1) is 0 Å². The molecule has 0 aliphatic rings. The van der Waals surface area contributed by atoms with Crippen molar-refractivity contribution in [2.24, 2.45) is 0 Å². The minimum Gasteiger partial charge on any atom is -0.492 e. The van der Waals surface area contributed by atoms with Crippen LogP contribution < -0.4 is 14.8 Å². The molecule has 3 aromatic carbocycles. The van der Waals surface area contributed by atoms with E-state index in [1.165, 1.54) is 15.9 Å². The molecule has 39 heavy (non-hydrogen) atoms. The van der Waals surface area contributed by atoms with Gasteiger partial charge in [-0.1, -0.05) is 77.5 Å². The molecular weight excluding hydrogens is 530 g/mol. The lowest BCUT2D eigenvalue weighted by molar-refractivity contribution is 0.340. The summed E-state index contributed by atoms with van der Waals surface area (Å²) in [6.45, 7) is 2.43. The first-order valence-corrected chi connectivity index (χ1v) is 13.5. The number of hydrogen-bond donors (Lipinski definition) is 0. The van der Waals surface area contributed by atoms with Gasteiger partial charge in [0.25, 0.3) is 5.56 Å². The summed E-state index contributed by atoms with van der Waals surface area (Å²) >= 11 is 7.78. The number of para-hydroxylation sites is 1. The summed E-state index contributed by atoms with van der Waals surface area (Å²) < 4.78 is 9.24. The maximum Gasteiger partial charge on any atom is 0.291 e. The summed E-state index contributed by atoms with van der Waals surface area (Å²) in [4.78, 5) is 18.3. The average Bonchev–Trinajstić information content (AvgIpc) is 3.65. The van der Waals surface area contributed by atoms with Gasteiger partial charge in [0.2, 0.25) is 4.96 Å². The third-order valence-corrected chi connectivity index (χ3v) is 7.23. The number of fused-ring (bicyclic) bond motifs is 1. The molecule has 6 rings (SSSR count). The molecule has 3 aromatic heterocycles. The van der Waals surface area contributed by atoms with E-state index in [0.717, 1.165) is 22.4 Å². The Balaban J connectivity index is 1.42. The second kappa shape index (κ2) is 10.7. The number of rotatable bonds is 7. The Labute approximate surface area is 232 Å². The highest BCUT2D eigenvalue weighted by Gasteiger charge is 2.15. The van der Waals surface area contributed by atoms with Crippen LogP contribution in [0.1, 0.15) is 23.9 Å². The molecule has 0 unspecified atom stereocenters. The van der Waals surface area contributed by atoms with Crippen LogP contribution in [0.25, 0.3) is 40.1 Å². The van der Waals surface area contributed by atoms with Crippen molar-refractivity contribution in [1.29, 1.82) is 0 Å². The van der Waals surface area contributed by atoms with E-state index in [9.17, 15) is 4.79 Å². The molecule has 0 aliphatic heterocycles. The van der Waals surface area contributed by atoms with Crippen LogP contribution >= 0.6 is 22.9 Å². The fraction of sp³-hybridized carbons (Fsp3) is 0.0667. The number of thiazole rings is 1. The van der Waals surface area contributed by atoms with Crippen molar-refractivity contribution in [2.75, 3.05) is 6.61 Å². The van der Waals surface area contributed by atoms with E-state index in [4.69, 9.17) is 21.4 Å². The Bertz CT molecular complexity index is 1910. The molecular formula is C30H22ClN5O2S. The van der Waals surface area contributed by atoms with Gasteiger partial charge in [0.05, 0.1) is 21.8 Å². The van der Waals surface area contributed by atoms with Gasteiger partial charge in [-0.15, -0.1) is 5.10 Å². The van der Waals surface area contributed by atoms with E-state index in [1.807, 2.05) is 104 Å². The Hall–Kier alpha value is -4.53. The van der Waals surface area contributed by atoms with Crippen LogP contribution in [0.5, 0.6) is 5.75 Å². The van der Waals surface area contributed by atoms with Crippen LogP contribution in [0.3, 0.4) is 0 Å². The number of ether oxygens (including phenoxy) is 1. The van der Waals surface area contributed by atoms with Crippen molar-refractivity contribution in [2.45, 2.75) is 6.92 Å². The number of aromatic nitrogens is 5. The van der Waals surface area contributed by atoms with E-state index >= 15 is 0 Å². The van der Waals surface area contributed by atoms with Gasteiger partial charge in [-0.2, -0.15) is 14.6 Å². The molecule has 9 heteroatoms. The molecule has 0 radical (unpaired) electrons. The Morgan fingerprint density at radius 1 is 0.974 bits per heavy atom. The molecule has 0 bridgehead atoms. The summed E-state index contributed by atoms with van der Waals surface area (Å²) in [6, 6.07) is 25.2. The van der Waals surface area contributed by atoms with Crippen LogP contribution in [-0.4, -0.2) is 31.0 Å². The van der Waals surface area contributed by atoms with E-state index in [1.54, 1.807) is 10.8 Å². The van der Waals surface area contributed by atoms with Gasteiger partial charge in [-0.3, -0.25) is 4.79 Å². The predicted molar refractivity (Wildman–Crippen MR) is 156 cm³/mol. The number of benzene rings is 3. The summed E-state index contributed by atoms with van der Waals surface area (Å²) in [5, 5.41) is 9.74. The fourth-order valence-electron chi connectivity index (χ4n) is 4.15. The summed E-state index contributed by atoms with van der Waals surface area (Å²) in [5.74, 6) is 1.09. The summed E-state index contributed by atoms with van der Waals surface area (Å²) in [5.41, 5.74) is 3.97. The van der Waals surface area contributed by atoms with E-state index in [0.29, 0.717) is 38.4 Å². The molecule has 7 nitrogen and oxygen atoms in total. The van der Waals surface area contributed by atoms with Crippen molar-refractivity contribution in [1.82, 2.24) is 24.4 Å². The monoisotopic (exact) mass is 551 g/mol. The molecule has 0 saturated heterocycles. The molecule has 3 heterocycles. The zero-order chi connectivity index (χ0) is 26.8. The zero-order valence-electron chi connectivity index (χ0n) is 20.9. The molecule has 0 saturated carbocycles. The van der Waals surface area contributed by atoms with E-state index in [-0.39, 0.29) is 5.56 Å². The van der Waals surface area contributed by atoms with Gasteiger partial charge in [0.1, 0.15) is 11.4 Å². The first kappa shape index (κ1) is 24.8. The van der Waals surface area contributed by atoms with Crippen molar-refractivity contribution in [3.8, 4) is 22.7 Å². The average molecular weight is 552 g/mol. The molecule has 0 fully saturated rings. The number of halogens is 1.